The molecule has 1 fully saturated rings. The summed E-state index contributed by atoms with van der Waals surface area (Å²) in [7, 11) is 0. The Morgan fingerprint density at radius 1 is 1.28 bits per heavy atom. The first-order chi connectivity index (χ1) is 12.2. The Bertz CT molecular complexity index is 775. The molecule has 25 heavy (non-hydrogen) atoms. The molecule has 1 aromatic heterocycles. The lowest BCUT2D eigenvalue weighted by molar-refractivity contribution is -0.129. The molecule has 130 valence electrons. The molecule has 2 aliphatic heterocycles. The molecule has 0 bridgehead atoms. The van der Waals surface area contributed by atoms with Gasteiger partial charge in [-0.2, -0.15) is 0 Å². The summed E-state index contributed by atoms with van der Waals surface area (Å²) in [5, 5.41) is 3.16. The van der Waals surface area contributed by atoms with Crippen LogP contribution in [0.5, 0.6) is 0 Å². The van der Waals surface area contributed by atoms with Crippen molar-refractivity contribution in [2.75, 3.05) is 12.3 Å². The summed E-state index contributed by atoms with van der Waals surface area (Å²) < 4.78 is 5.30. The number of nitrogens with zero attached hydrogens (tertiary/aromatic N) is 1. The fraction of sp³-hybridized carbons (Fsp3) is 0.368. The Hall–Kier alpha value is -2.21. The van der Waals surface area contributed by atoms with E-state index in [1.165, 1.54) is 10.5 Å². The topological polar surface area (TPSA) is 62.6 Å². The average Bonchev–Trinajstić information content (AvgIpc) is 3.26. The first kappa shape index (κ1) is 16.3. The van der Waals surface area contributed by atoms with E-state index >= 15 is 0 Å². The van der Waals surface area contributed by atoms with Crippen molar-refractivity contribution in [2.45, 2.75) is 30.3 Å². The number of amides is 2. The van der Waals surface area contributed by atoms with Crippen LogP contribution in [0.25, 0.3) is 0 Å². The lowest BCUT2D eigenvalue weighted by Crippen LogP contribution is -2.36. The maximum Gasteiger partial charge on any atom is 0.225 e. The molecule has 2 unspecified atom stereocenters. The standard InChI is InChI=1S/C19H20N2O3S/c22-18-10-13(11-21(18)12-14-4-3-8-24-14)19(23)20-16-7-9-25-17-6-2-1-5-15(16)17/h1-6,8,13,16H,7,9-12H2,(H,20,23). The maximum atomic E-state index is 12.7. The molecule has 2 aromatic rings. The predicted molar refractivity (Wildman–Crippen MR) is 94.9 cm³/mol. The molecule has 0 spiro atoms. The molecule has 5 nitrogen and oxygen atoms in total. The molecule has 4 rings (SSSR count). The molecule has 0 radical (unpaired) electrons. The molecule has 0 aliphatic carbocycles. The van der Waals surface area contributed by atoms with Crippen LogP contribution in [0.3, 0.4) is 0 Å². The van der Waals surface area contributed by atoms with Crippen molar-refractivity contribution >= 4 is 23.6 Å². The summed E-state index contributed by atoms with van der Waals surface area (Å²) >= 11 is 1.83. The van der Waals surface area contributed by atoms with Crippen molar-refractivity contribution in [3.8, 4) is 0 Å². The van der Waals surface area contributed by atoms with Gasteiger partial charge >= 0.3 is 0 Å². The van der Waals surface area contributed by atoms with Gasteiger partial charge in [0.25, 0.3) is 0 Å². The zero-order valence-corrected chi connectivity index (χ0v) is 14.6. The Kier molecular flexibility index (Phi) is 4.53. The molecule has 2 amide bonds. The number of carbonyl (C=O) groups excluding carboxylic acids is 2. The molecule has 1 N–H and O–H groups in total. The quantitative estimate of drug-likeness (QED) is 0.915. The summed E-state index contributed by atoms with van der Waals surface area (Å²) in [6, 6.07) is 11.9. The van der Waals surface area contributed by atoms with Gasteiger partial charge in [-0.1, -0.05) is 18.2 Å². The van der Waals surface area contributed by atoms with Crippen molar-refractivity contribution in [3.63, 3.8) is 0 Å². The third kappa shape index (κ3) is 3.44. The highest BCUT2D eigenvalue weighted by atomic mass is 32.2. The van der Waals surface area contributed by atoms with E-state index in [-0.39, 0.29) is 30.2 Å². The van der Waals surface area contributed by atoms with E-state index < -0.39 is 0 Å². The molecule has 1 aromatic carbocycles. The predicted octanol–water partition coefficient (Wildman–Crippen LogP) is 2.98. The van der Waals surface area contributed by atoms with Crippen molar-refractivity contribution in [1.29, 1.82) is 0 Å². The van der Waals surface area contributed by atoms with Crippen LogP contribution >= 0.6 is 11.8 Å². The van der Waals surface area contributed by atoms with Gasteiger partial charge in [-0.15, -0.1) is 11.8 Å². The maximum absolute atomic E-state index is 12.7. The fourth-order valence-corrected chi connectivity index (χ4v) is 4.60. The van der Waals surface area contributed by atoms with E-state index in [4.69, 9.17) is 4.42 Å². The van der Waals surface area contributed by atoms with Gasteiger partial charge in [0, 0.05) is 23.6 Å². The average molecular weight is 356 g/mol. The smallest absolute Gasteiger partial charge is 0.225 e. The summed E-state index contributed by atoms with van der Waals surface area (Å²) in [5.74, 6) is 1.44. The van der Waals surface area contributed by atoms with Crippen LogP contribution in [0.4, 0.5) is 0 Å². The highest BCUT2D eigenvalue weighted by molar-refractivity contribution is 7.99. The van der Waals surface area contributed by atoms with Crippen LogP contribution in [0.2, 0.25) is 0 Å². The summed E-state index contributed by atoms with van der Waals surface area (Å²) in [4.78, 5) is 27.8. The van der Waals surface area contributed by atoms with Gasteiger partial charge in [0.15, 0.2) is 0 Å². The zero-order chi connectivity index (χ0) is 17.2. The van der Waals surface area contributed by atoms with E-state index in [0.29, 0.717) is 13.1 Å². The minimum atomic E-state index is -0.288. The molecule has 3 heterocycles. The first-order valence-electron chi connectivity index (χ1n) is 8.53. The van der Waals surface area contributed by atoms with E-state index in [2.05, 4.69) is 17.4 Å². The molecular weight excluding hydrogens is 336 g/mol. The second-order valence-electron chi connectivity index (χ2n) is 6.49. The Labute approximate surface area is 150 Å². The number of carbonyl (C=O) groups is 2. The van der Waals surface area contributed by atoms with Gasteiger partial charge in [0.1, 0.15) is 5.76 Å². The van der Waals surface area contributed by atoms with Crippen molar-refractivity contribution in [2.24, 2.45) is 5.92 Å². The molecular formula is C19H20N2O3S. The number of likely N-dealkylation sites (tertiary alicyclic amines) is 1. The van der Waals surface area contributed by atoms with Gasteiger partial charge in [0.2, 0.25) is 11.8 Å². The van der Waals surface area contributed by atoms with Crippen LogP contribution in [0.15, 0.2) is 52.0 Å². The Morgan fingerprint density at radius 2 is 2.16 bits per heavy atom. The van der Waals surface area contributed by atoms with Crippen LogP contribution in [0.1, 0.15) is 30.2 Å². The third-order valence-corrected chi connectivity index (χ3v) is 5.91. The Balaban J connectivity index is 1.40. The van der Waals surface area contributed by atoms with Gasteiger partial charge in [0.05, 0.1) is 24.8 Å². The number of nitrogens with one attached hydrogen (secondary N) is 1. The normalized spacial score (nSPS) is 22.7. The number of fused-ring (bicyclic) bond motifs is 1. The van der Waals surface area contributed by atoms with Gasteiger partial charge in [-0.25, -0.2) is 0 Å². The second kappa shape index (κ2) is 6.96. The third-order valence-electron chi connectivity index (χ3n) is 4.79. The number of benzene rings is 1. The number of hydrogen-bond acceptors (Lipinski definition) is 4. The minimum absolute atomic E-state index is 0.0103. The number of thioether (sulfide) groups is 1. The van der Waals surface area contributed by atoms with Crippen LogP contribution < -0.4 is 5.32 Å². The molecule has 2 atom stereocenters. The van der Waals surface area contributed by atoms with E-state index in [1.807, 2.05) is 30.0 Å². The van der Waals surface area contributed by atoms with Crippen molar-refractivity contribution < 1.29 is 14.0 Å². The van der Waals surface area contributed by atoms with Gasteiger partial charge < -0.3 is 14.6 Å². The van der Waals surface area contributed by atoms with E-state index in [1.54, 1.807) is 17.2 Å². The number of furan rings is 1. The lowest BCUT2D eigenvalue weighted by atomic mass is 10.0. The largest absolute Gasteiger partial charge is 0.467 e. The van der Waals surface area contributed by atoms with Crippen LogP contribution in [-0.2, 0) is 16.1 Å². The summed E-state index contributed by atoms with van der Waals surface area (Å²) in [6.45, 7) is 0.882. The van der Waals surface area contributed by atoms with Crippen molar-refractivity contribution in [3.05, 3.63) is 54.0 Å². The zero-order valence-electron chi connectivity index (χ0n) is 13.8. The molecule has 1 saturated heterocycles. The first-order valence-corrected chi connectivity index (χ1v) is 9.51. The highest BCUT2D eigenvalue weighted by Crippen LogP contribution is 2.36. The Morgan fingerprint density at radius 3 is 3.00 bits per heavy atom. The molecule has 2 aliphatic rings. The van der Waals surface area contributed by atoms with Gasteiger partial charge in [-0.05, 0) is 30.2 Å². The summed E-state index contributed by atoms with van der Waals surface area (Å²) in [6.07, 6.45) is 2.79. The monoisotopic (exact) mass is 356 g/mol. The van der Waals surface area contributed by atoms with E-state index in [0.717, 1.165) is 17.9 Å². The van der Waals surface area contributed by atoms with Crippen molar-refractivity contribution in [1.82, 2.24) is 10.2 Å². The number of hydrogen-bond donors (Lipinski definition) is 1. The molecule has 0 saturated carbocycles. The van der Waals surface area contributed by atoms with Crippen LogP contribution in [0, 0.1) is 5.92 Å². The van der Waals surface area contributed by atoms with E-state index in [9.17, 15) is 9.59 Å². The summed E-state index contributed by atoms with van der Waals surface area (Å²) in [5.41, 5.74) is 1.18. The van der Waals surface area contributed by atoms with Gasteiger partial charge in [-0.3, -0.25) is 9.59 Å². The highest BCUT2D eigenvalue weighted by Gasteiger charge is 2.36. The fourth-order valence-electron chi connectivity index (χ4n) is 3.47. The lowest BCUT2D eigenvalue weighted by Gasteiger charge is -2.27. The second-order valence-corrected chi connectivity index (χ2v) is 7.63. The van der Waals surface area contributed by atoms with Crippen LogP contribution in [-0.4, -0.2) is 29.0 Å². The number of rotatable bonds is 4. The SMILES string of the molecule is O=C(NC1CCSc2ccccc21)C1CC(=O)N(Cc2ccco2)C1. The minimum Gasteiger partial charge on any atom is -0.467 e. The molecule has 6 heteroatoms.